The van der Waals surface area contributed by atoms with Crippen molar-refractivity contribution < 1.29 is 15.3 Å². The molecule has 0 heterocycles. The topological polar surface area (TPSA) is 73.1 Å². The summed E-state index contributed by atoms with van der Waals surface area (Å²) in [5.41, 5.74) is 0.233. The van der Waals surface area contributed by atoms with Crippen molar-refractivity contribution in [2.45, 2.75) is 70.8 Å². The molecule has 138 valence electrons. The monoisotopic (exact) mass is 345 g/mol. The molecule has 3 rings (SSSR count). The second kappa shape index (κ2) is 6.49. The molecule has 0 aromatic heterocycles. The molecular formula is C21H31NO3. The van der Waals surface area contributed by atoms with E-state index in [-0.39, 0.29) is 0 Å². The zero-order valence-electron chi connectivity index (χ0n) is 15.6. The standard InChI is InChI=1S/C21H31NO3/c1-15-9-17-11-19(2,14-21(25,10-15)12-17)18(20(3,23)24)22-13-16-7-5-4-6-8-16/h4-8,15,17,23-25H,9-14H2,1-3H3. The van der Waals surface area contributed by atoms with Gasteiger partial charge in [0.05, 0.1) is 17.9 Å². The van der Waals surface area contributed by atoms with Crippen molar-refractivity contribution in [1.82, 2.24) is 0 Å². The molecule has 2 bridgehead atoms. The van der Waals surface area contributed by atoms with Crippen LogP contribution >= 0.6 is 0 Å². The molecule has 0 radical (unpaired) electrons. The van der Waals surface area contributed by atoms with Gasteiger partial charge in [-0.05, 0) is 56.4 Å². The predicted molar refractivity (Wildman–Crippen MR) is 99.2 cm³/mol. The number of fused-ring (bicyclic) bond motifs is 2. The zero-order chi connectivity index (χ0) is 18.3. The van der Waals surface area contributed by atoms with Gasteiger partial charge >= 0.3 is 0 Å². The van der Waals surface area contributed by atoms with Crippen LogP contribution in [0, 0.1) is 17.3 Å². The molecule has 4 heteroatoms. The van der Waals surface area contributed by atoms with Gasteiger partial charge in [-0.1, -0.05) is 44.2 Å². The van der Waals surface area contributed by atoms with E-state index in [9.17, 15) is 15.3 Å². The molecule has 2 saturated carbocycles. The van der Waals surface area contributed by atoms with Crippen molar-refractivity contribution >= 4 is 5.71 Å². The van der Waals surface area contributed by atoms with Crippen molar-refractivity contribution in [3.63, 3.8) is 0 Å². The number of nitrogens with zero attached hydrogens (tertiary/aromatic N) is 1. The summed E-state index contributed by atoms with van der Waals surface area (Å²) in [7, 11) is 0. The molecule has 2 aliphatic carbocycles. The summed E-state index contributed by atoms with van der Waals surface area (Å²) < 4.78 is 0. The lowest BCUT2D eigenvalue weighted by Crippen LogP contribution is -2.55. The highest BCUT2D eigenvalue weighted by Crippen LogP contribution is 2.53. The van der Waals surface area contributed by atoms with Gasteiger partial charge in [0.25, 0.3) is 0 Å². The Morgan fingerprint density at radius 1 is 1.20 bits per heavy atom. The van der Waals surface area contributed by atoms with Gasteiger partial charge in [-0.3, -0.25) is 4.99 Å². The van der Waals surface area contributed by atoms with E-state index in [2.05, 4.69) is 11.9 Å². The van der Waals surface area contributed by atoms with Crippen molar-refractivity contribution in [2.24, 2.45) is 22.2 Å². The van der Waals surface area contributed by atoms with Gasteiger partial charge < -0.3 is 15.3 Å². The maximum atomic E-state index is 11.1. The molecule has 0 amide bonds. The van der Waals surface area contributed by atoms with Crippen LogP contribution in [-0.4, -0.2) is 32.4 Å². The van der Waals surface area contributed by atoms with E-state index in [0.29, 0.717) is 30.5 Å². The first-order valence-electron chi connectivity index (χ1n) is 9.36. The second-order valence-electron chi connectivity index (χ2n) is 8.95. The number of aliphatic hydroxyl groups is 3. The fourth-order valence-electron chi connectivity index (χ4n) is 5.59. The lowest BCUT2D eigenvalue weighted by Gasteiger charge is -2.53. The van der Waals surface area contributed by atoms with E-state index in [0.717, 1.165) is 31.2 Å². The van der Waals surface area contributed by atoms with E-state index in [1.807, 2.05) is 37.3 Å². The molecule has 1 aromatic carbocycles. The van der Waals surface area contributed by atoms with Crippen LogP contribution in [0.5, 0.6) is 0 Å². The van der Waals surface area contributed by atoms with Gasteiger partial charge in [0.2, 0.25) is 0 Å². The largest absolute Gasteiger partial charge is 0.390 e. The van der Waals surface area contributed by atoms with Gasteiger partial charge in [0.1, 0.15) is 0 Å². The van der Waals surface area contributed by atoms with E-state index >= 15 is 0 Å². The quantitative estimate of drug-likeness (QED) is 0.579. The molecule has 4 unspecified atom stereocenters. The first kappa shape index (κ1) is 18.6. The molecule has 3 N–H and O–H groups in total. The van der Waals surface area contributed by atoms with Gasteiger partial charge in [-0.25, -0.2) is 0 Å². The Labute approximate surface area is 150 Å². The van der Waals surface area contributed by atoms with Crippen LogP contribution in [0.15, 0.2) is 35.3 Å². The minimum Gasteiger partial charge on any atom is -0.390 e. The van der Waals surface area contributed by atoms with E-state index in [1.165, 1.54) is 6.92 Å². The average Bonchev–Trinajstić information content (AvgIpc) is 2.44. The lowest BCUT2D eigenvalue weighted by atomic mass is 9.55. The normalized spacial score (nSPS) is 36.3. The smallest absolute Gasteiger partial charge is 0.200 e. The molecule has 2 aliphatic rings. The molecule has 0 saturated heterocycles. The van der Waals surface area contributed by atoms with E-state index in [1.54, 1.807) is 0 Å². The van der Waals surface area contributed by atoms with Gasteiger partial charge in [0.15, 0.2) is 5.79 Å². The van der Waals surface area contributed by atoms with Crippen LogP contribution in [0.4, 0.5) is 0 Å². The number of benzene rings is 1. The molecule has 2 fully saturated rings. The Balaban J connectivity index is 1.91. The third kappa shape index (κ3) is 4.13. The van der Waals surface area contributed by atoms with Crippen molar-refractivity contribution in [2.75, 3.05) is 0 Å². The van der Waals surface area contributed by atoms with Crippen molar-refractivity contribution in [3.05, 3.63) is 35.9 Å². The van der Waals surface area contributed by atoms with Crippen molar-refractivity contribution in [1.29, 1.82) is 0 Å². The number of rotatable bonds is 4. The van der Waals surface area contributed by atoms with Gasteiger partial charge in [0, 0.05) is 5.41 Å². The van der Waals surface area contributed by atoms with E-state index in [4.69, 9.17) is 0 Å². The molecule has 1 aromatic rings. The molecule has 4 atom stereocenters. The fraction of sp³-hybridized carbons (Fsp3) is 0.667. The van der Waals surface area contributed by atoms with Crippen LogP contribution in [0.1, 0.15) is 58.4 Å². The lowest BCUT2D eigenvalue weighted by molar-refractivity contribution is -0.114. The number of hydrogen-bond donors (Lipinski definition) is 3. The number of hydrogen-bond acceptors (Lipinski definition) is 4. The molecule has 25 heavy (non-hydrogen) atoms. The minimum absolute atomic E-state index is 0.404. The first-order valence-corrected chi connectivity index (χ1v) is 9.36. The predicted octanol–water partition coefficient (Wildman–Crippen LogP) is 3.30. The summed E-state index contributed by atoms with van der Waals surface area (Å²) >= 11 is 0. The first-order chi connectivity index (χ1) is 11.6. The van der Waals surface area contributed by atoms with Crippen LogP contribution in [-0.2, 0) is 6.54 Å². The Kier molecular flexibility index (Phi) is 4.82. The maximum Gasteiger partial charge on any atom is 0.200 e. The highest BCUT2D eigenvalue weighted by molar-refractivity contribution is 5.95. The Morgan fingerprint density at radius 2 is 1.88 bits per heavy atom. The molecule has 0 spiro atoms. The summed E-state index contributed by atoms with van der Waals surface area (Å²) in [5, 5.41) is 31.9. The minimum atomic E-state index is -1.98. The van der Waals surface area contributed by atoms with Crippen LogP contribution in [0.3, 0.4) is 0 Å². The van der Waals surface area contributed by atoms with Crippen LogP contribution < -0.4 is 0 Å². The second-order valence-corrected chi connectivity index (χ2v) is 8.95. The number of aliphatic imine (C=N–C) groups is 1. The van der Waals surface area contributed by atoms with E-state index < -0.39 is 16.8 Å². The molecular weight excluding hydrogens is 314 g/mol. The van der Waals surface area contributed by atoms with Crippen LogP contribution in [0.2, 0.25) is 0 Å². The Hall–Kier alpha value is -1.23. The third-order valence-corrected chi connectivity index (χ3v) is 5.87. The summed E-state index contributed by atoms with van der Waals surface area (Å²) in [6.07, 6.45) is 4.11. The molecule has 0 aliphatic heterocycles. The highest BCUT2D eigenvalue weighted by atomic mass is 16.5. The van der Waals surface area contributed by atoms with Crippen molar-refractivity contribution in [3.8, 4) is 0 Å². The fourth-order valence-corrected chi connectivity index (χ4v) is 5.59. The SMILES string of the molecule is CC1CC2CC(O)(C1)CC(C)(C(=NCc1ccccc1)C(C)(O)O)C2. The summed E-state index contributed by atoms with van der Waals surface area (Å²) in [6.45, 7) is 6.04. The zero-order valence-corrected chi connectivity index (χ0v) is 15.6. The summed E-state index contributed by atoms with van der Waals surface area (Å²) in [6, 6.07) is 9.84. The average molecular weight is 345 g/mol. The van der Waals surface area contributed by atoms with Gasteiger partial charge in [-0.15, -0.1) is 0 Å². The maximum absolute atomic E-state index is 11.1. The molecule has 4 nitrogen and oxygen atoms in total. The van der Waals surface area contributed by atoms with Crippen LogP contribution in [0.25, 0.3) is 0 Å². The van der Waals surface area contributed by atoms with Gasteiger partial charge in [-0.2, -0.15) is 0 Å². The highest BCUT2D eigenvalue weighted by Gasteiger charge is 2.53. The summed E-state index contributed by atoms with van der Waals surface area (Å²) in [5.74, 6) is -1.04. The Morgan fingerprint density at radius 3 is 2.48 bits per heavy atom. The summed E-state index contributed by atoms with van der Waals surface area (Å²) in [4.78, 5) is 4.64. The third-order valence-electron chi connectivity index (χ3n) is 5.87. The Bertz CT molecular complexity index is 632.